The normalized spacial score (nSPS) is 16.7. The Kier molecular flexibility index (Phi) is 8.97. The highest BCUT2D eigenvalue weighted by molar-refractivity contribution is 6.46. The van der Waals surface area contributed by atoms with Crippen LogP contribution in [-0.2, 0) is 14.3 Å². The van der Waals surface area contributed by atoms with E-state index in [0.717, 1.165) is 0 Å². The van der Waals surface area contributed by atoms with Gasteiger partial charge in [0.05, 0.1) is 32.9 Å². The lowest BCUT2D eigenvalue weighted by Gasteiger charge is -2.26. The number of likely N-dealkylation sites (tertiary alicyclic amines) is 1. The average molecular weight is 498 g/mol. The van der Waals surface area contributed by atoms with Gasteiger partial charge in [0.25, 0.3) is 11.7 Å². The van der Waals surface area contributed by atoms with Gasteiger partial charge in [-0.15, -0.1) is 0 Å². The molecule has 9 nitrogen and oxygen atoms in total. The summed E-state index contributed by atoms with van der Waals surface area (Å²) in [7, 11) is 6.01. The summed E-state index contributed by atoms with van der Waals surface area (Å²) in [5, 5.41) is 11.3. The van der Waals surface area contributed by atoms with Gasteiger partial charge in [-0.2, -0.15) is 0 Å². The van der Waals surface area contributed by atoms with Crippen molar-refractivity contribution in [3.8, 4) is 23.0 Å². The van der Waals surface area contributed by atoms with Crippen molar-refractivity contribution in [1.82, 2.24) is 4.90 Å². The quantitative estimate of drug-likeness (QED) is 0.156. The lowest BCUT2D eigenvalue weighted by Crippen LogP contribution is -2.31. The van der Waals surface area contributed by atoms with E-state index in [9.17, 15) is 14.7 Å². The second kappa shape index (κ2) is 12.1. The first-order chi connectivity index (χ1) is 17.4. The molecule has 1 aliphatic heterocycles. The summed E-state index contributed by atoms with van der Waals surface area (Å²) >= 11 is 0. The summed E-state index contributed by atoms with van der Waals surface area (Å²) in [5.74, 6) is -0.122. The van der Waals surface area contributed by atoms with E-state index in [1.54, 1.807) is 49.6 Å². The smallest absolute Gasteiger partial charge is 0.295 e. The van der Waals surface area contributed by atoms with E-state index in [1.807, 2.05) is 0 Å². The Balaban J connectivity index is 2.16. The fourth-order valence-electron chi connectivity index (χ4n) is 4.12. The number of benzene rings is 2. The van der Waals surface area contributed by atoms with Crippen LogP contribution < -0.4 is 18.9 Å². The second-order valence-electron chi connectivity index (χ2n) is 7.92. The summed E-state index contributed by atoms with van der Waals surface area (Å²) in [6.07, 6.45) is 2.12. The number of ether oxygens (including phenoxy) is 5. The van der Waals surface area contributed by atoms with Crippen molar-refractivity contribution in [1.29, 1.82) is 0 Å². The van der Waals surface area contributed by atoms with E-state index in [-0.39, 0.29) is 17.9 Å². The van der Waals surface area contributed by atoms with E-state index in [1.165, 1.54) is 26.2 Å². The lowest BCUT2D eigenvalue weighted by atomic mass is 9.94. The van der Waals surface area contributed by atoms with E-state index in [2.05, 4.69) is 6.58 Å². The van der Waals surface area contributed by atoms with Crippen LogP contribution in [0.3, 0.4) is 0 Å². The van der Waals surface area contributed by atoms with Crippen LogP contribution in [0, 0.1) is 0 Å². The Morgan fingerprint density at radius 1 is 1.03 bits per heavy atom. The molecule has 0 spiro atoms. The molecule has 1 fully saturated rings. The number of aliphatic hydroxyl groups is 1. The maximum absolute atomic E-state index is 13.2. The molecule has 1 atom stereocenters. The number of amides is 1. The first-order valence-corrected chi connectivity index (χ1v) is 11.3. The number of carbonyl (C=O) groups is 2. The molecular weight excluding hydrogens is 466 g/mol. The lowest BCUT2D eigenvalue weighted by molar-refractivity contribution is -0.140. The van der Waals surface area contributed by atoms with E-state index >= 15 is 0 Å². The Morgan fingerprint density at radius 3 is 2.19 bits per heavy atom. The van der Waals surface area contributed by atoms with Crippen LogP contribution in [0.4, 0.5) is 0 Å². The van der Waals surface area contributed by atoms with Gasteiger partial charge in [-0.1, -0.05) is 12.7 Å². The van der Waals surface area contributed by atoms with Gasteiger partial charge in [-0.25, -0.2) is 0 Å². The zero-order valence-corrected chi connectivity index (χ0v) is 20.9. The number of nitrogens with zero attached hydrogens (tertiary/aromatic N) is 1. The molecule has 1 amide bonds. The third-order valence-electron chi connectivity index (χ3n) is 5.79. The molecule has 1 heterocycles. The number of hydrogen-bond donors (Lipinski definition) is 1. The number of carbonyl (C=O) groups excluding carboxylic acids is 2. The fraction of sp³-hybridized carbons (Fsp3) is 0.333. The fourth-order valence-corrected chi connectivity index (χ4v) is 4.12. The minimum absolute atomic E-state index is 0.0357. The Morgan fingerprint density at radius 2 is 1.67 bits per heavy atom. The standard InChI is InChI=1S/C27H31NO8/c1-6-13-36-19-10-8-17(9-11-19)24(29)22-23(28(12-7-14-32-2)27(31)25(22)30)18-15-20(33-3)26(35-5)21(16-18)34-4/h6,8-11,15-16,23,29H,1,7,12-14H2,2-5H3/t23-/m0/s1. The van der Waals surface area contributed by atoms with Gasteiger partial charge in [-0.3, -0.25) is 9.59 Å². The molecule has 2 aromatic rings. The predicted octanol–water partition coefficient (Wildman–Crippen LogP) is 3.74. The third kappa shape index (κ3) is 5.31. The van der Waals surface area contributed by atoms with Crippen molar-refractivity contribution < 1.29 is 38.4 Å². The number of hydrogen-bond acceptors (Lipinski definition) is 8. The molecule has 2 aromatic carbocycles. The topological polar surface area (TPSA) is 104 Å². The zero-order chi connectivity index (χ0) is 26.2. The molecule has 1 N–H and O–H groups in total. The maximum Gasteiger partial charge on any atom is 0.295 e. The number of Topliss-reactive ketones (excluding diaryl/α,β-unsaturated/α-hetero) is 1. The summed E-state index contributed by atoms with van der Waals surface area (Å²) in [6, 6.07) is 9.04. The van der Waals surface area contributed by atoms with Gasteiger partial charge in [0.1, 0.15) is 18.1 Å². The monoisotopic (exact) mass is 497 g/mol. The molecule has 0 aliphatic carbocycles. The van der Waals surface area contributed by atoms with E-state index < -0.39 is 17.7 Å². The molecule has 0 radical (unpaired) electrons. The molecular formula is C27H31NO8. The molecule has 0 aromatic heterocycles. The second-order valence-corrected chi connectivity index (χ2v) is 7.92. The van der Waals surface area contributed by atoms with E-state index in [4.69, 9.17) is 23.7 Å². The highest BCUT2D eigenvalue weighted by Gasteiger charge is 2.46. The van der Waals surface area contributed by atoms with Crippen LogP contribution in [-0.4, -0.2) is 69.9 Å². The van der Waals surface area contributed by atoms with Crippen molar-refractivity contribution in [3.05, 3.63) is 65.8 Å². The zero-order valence-electron chi connectivity index (χ0n) is 20.9. The molecule has 0 unspecified atom stereocenters. The summed E-state index contributed by atoms with van der Waals surface area (Å²) < 4.78 is 27.0. The van der Waals surface area contributed by atoms with Crippen LogP contribution in [0.25, 0.3) is 5.76 Å². The molecule has 1 saturated heterocycles. The van der Waals surface area contributed by atoms with Crippen molar-refractivity contribution in [2.45, 2.75) is 12.5 Å². The first kappa shape index (κ1) is 26.6. The van der Waals surface area contributed by atoms with Gasteiger partial charge < -0.3 is 33.7 Å². The third-order valence-corrected chi connectivity index (χ3v) is 5.79. The molecule has 192 valence electrons. The molecule has 36 heavy (non-hydrogen) atoms. The Bertz CT molecular complexity index is 1110. The largest absolute Gasteiger partial charge is 0.507 e. The SMILES string of the molecule is C=CCOc1ccc(C(O)=C2C(=O)C(=O)N(CCCOC)[C@H]2c2cc(OC)c(OC)c(OC)c2)cc1. The summed E-state index contributed by atoms with van der Waals surface area (Å²) in [6.45, 7) is 4.59. The minimum Gasteiger partial charge on any atom is -0.507 e. The van der Waals surface area contributed by atoms with Crippen molar-refractivity contribution in [3.63, 3.8) is 0 Å². The van der Waals surface area contributed by atoms with Crippen LogP contribution in [0.5, 0.6) is 23.0 Å². The van der Waals surface area contributed by atoms with E-state index in [0.29, 0.717) is 53.8 Å². The van der Waals surface area contributed by atoms with Gasteiger partial charge in [-0.05, 0) is 48.4 Å². The van der Waals surface area contributed by atoms with Crippen LogP contribution in [0.1, 0.15) is 23.6 Å². The molecule has 0 bridgehead atoms. The van der Waals surface area contributed by atoms with Crippen molar-refractivity contribution in [2.75, 3.05) is 48.2 Å². The predicted molar refractivity (Wildman–Crippen MR) is 134 cm³/mol. The number of rotatable bonds is 12. The molecule has 9 heteroatoms. The molecule has 3 rings (SSSR count). The van der Waals surface area contributed by atoms with Crippen molar-refractivity contribution >= 4 is 17.4 Å². The number of methoxy groups -OCH3 is 4. The number of ketones is 1. The minimum atomic E-state index is -0.882. The van der Waals surface area contributed by atoms with Crippen LogP contribution in [0.2, 0.25) is 0 Å². The first-order valence-electron chi connectivity index (χ1n) is 11.3. The van der Waals surface area contributed by atoms with Gasteiger partial charge in [0.2, 0.25) is 5.75 Å². The van der Waals surface area contributed by atoms with Crippen LogP contribution >= 0.6 is 0 Å². The highest BCUT2D eigenvalue weighted by Crippen LogP contribution is 2.45. The van der Waals surface area contributed by atoms with Crippen molar-refractivity contribution in [2.24, 2.45) is 0 Å². The molecule has 0 saturated carbocycles. The van der Waals surface area contributed by atoms with Gasteiger partial charge in [0, 0.05) is 25.8 Å². The average Bonchev–Trinajstić information content (AvgIpc) is 3.16. The highest BCUT2D eigenvalue weighted by atomic mass is 16.5. The summed E-state index contributed by atoms with van der Waals surface area (Å²) in [5.41, 5.74) is 0.855. The Labute approximate surface area is 210 Å². The van der Waals surface area contributed by atoms with Gasteiger partial charge in [0.15, 0.2) is 11.5 Å². The maximum atomic E-state index is 13.2. The van der Waals surface area contributed by atoms with Gasteiger partial charge >= 0.3 is 0 Å². The van der Waals surface area contributed by atoms with Crippen LogP contribution in [0.15, 0.2) is 54.6 Å². The summed E-state index contributed by atoms with van der Waals surface area (Å²) in [4.78, 5) is 27.8. The number of aliphatic hydroxyl groups excluding tert-OH is 1. The molecule has 1 aliphatic rings. The Hall–Kier alpha value is -3.98.